The molecular formula is C19H25N5O5S. The average Bonchev–Trinajstić information content (AvgIpc) is 3.02. The predicted molar refractivity (Wildman–Crippen MR) is 110 cm³/mol. The van der Waals surface area contributed by atoms with Gasteiger partial charge in [0.1, 0.15) is 5.60 Å². The van der Waals surface area contributed by atoms with Crippen molar-refractivity contribution in [1.82, 2.24) is 15.1 Å². The number of benzene rings is 1. The minimum absolute atomic E-state index is 0.0412. The first-order valence-electron chi connectivity index (χ1n) is 9.39. The van der Waals surface area contributed by atoms with Gasteiger partial charge < -0.3 is 15.0 Å². The topological polar surface area (TPSA) is 133 Å². The molecule has 0 atom stereocenters. The average molecular weight is 436 g/mol. The van der Waals surface area contributed by atoms with Crippen molar-refractivity contribution in [3.63, 3.8) is 0 Å². The number of aromatic amines is 1. The number of anilines is 2. The van der Waals surface area contributed by atoms with E-state index in [9.17, 15) is 18.0 Å². The van der Waals surface area contributed by atoms with Crippen LogP contribution in [0.3, 0.4) is 0 Å². The normalized spacial score (nSPS) is 14.1. The Balaban J connectivity index is 1.72. The molecule has 3 rings (SSSR count). The van der Waals surface area contributed by atoms with Crippen LogP contribution in [0.4, 0.5) is 16.3 Å². The number of rotatable bonds is 4. The van der Waals surface area contributed by atoms with Gasteiger partial charge in [0, 0.05) is 24.7 Å². The molecule has 1 aliphatic rings. The molecule has 0 bridgehead atoms. The summed E-state index contributed by atoms with van der Waals surface area (Å²) in [6.07, 6.45) is 0.00820. The van der Waals surface area contributed by atoms with E-state index in [0.29, 0.717) is 29.9 Å². The van der Waals surface area contributed by atoms with Crippen LogP contribution in [0.1, 0.15) is 39.0 Å². The van der Waals surface area contributed by atoms with Crippen molar-refractivity contribution in [2.45, 2.75) is 51.2 Å². The summed E-state index contributed by atoms with van der Waals surface area (Å²) in [6, 6.07) is 5.82. The van der Waals surface area contributed by atoms with Crippen molar-refractivity contribution in [3.05, 3.63) is 35.5 Å². The minimum atomic E-state index is -3.87. The van der Waals surface area contributed by atoms with Gasteiger partial charge in [-0.1, -0.05) is 0 Å². The van der Waals surface area contributed by atoms with Gasteiger partial charge in [0.15, 0.2) is 5.82 Å². The summed E-state index contributed by atoms with van der Waals surface area (Å²) in [7, 11) is -3.87. The summed E-state index contributed by atoms with van der Waals surface area (Å²) in [5.41, 5.74) is 1.28. The van der Waals surface area contributed by atoms with Crippen LogP contribution in [0.2, 0.25) is 0 Å². The fourth-order valence-corrected chi connectivity index (χ4v) is 4.03. The summed E-state index contributed by atoms with van der Waals surface area (Å²) in [6.45, 7) is 7.41. The molecule has 0 unspecified atom stereocenters. The number of carbonyl (C=O) groups excluding carboxylic acids is 2. The highest BCUT2D eigenvalue weighted by atomic mass is 32.2. The third kappa shape index (κ3) is 5.09. The maximum Gasteiger partial charge on any atom is 0.410 e. The lowest BCUT2D eigenvalue weighted by Gasteiger charge is -2.29. The number of nitrogens with zero attached hydrogens (tertiary/aromatic N) is 2. The quantitative estimate of drug-likeness (QED) is 0.675. The molecule has 0 fully saturated rings. The number of hydrogen-bond acceptors (Lipinski definition) is 6. The minimum Gasteiger partial charge on any atom is -0.444 e. The highest BCUT2D eigenvalue weighted by molar-refractivity contribution is 7.92. The summed E-state index contributed by atoms with van der Waals surface area (Å²) >= 11 is 0. The van der Waals surface area contributed by atoms with Gasteiger partial charge in [-0.15, -0.1) is 0 Å². The zero-order valence-electron chi connectivity index (χ0n) is 17.3. The number of fused-ring (bicyclic) bond motifs is 1. The fraction of sp³-hybridized carbons (Fsp3) is 0.421. The molecule has 0 spiro atoms. The summed E-state index contributed by atoms with van der Waals surface area (Å²) in [5.74, 6) is -0.0351. The standard InChI is InChI=1S/C19H25N5O5S/c1-12(25)20-13-5-7-14(8-6-13)30(27,28)23-17-15-9-10-24(11-16(15)21-22-17)18(26)29-19(2,3)4/h5-8H,9-11H2,1-4H3,(H,20,25)(H2,21,22,23). The lowest BCUT2D eigenvalue weighted by Crippen LogP contribution is -2.39. The van der Waals surface area contributed by atoms with Crippen molar-refractivity contribution in [1.29, 1.82) is 0 Å². The molecule has 1 aromatic heterocycles. The number of sulfonamides is 1. The monoisotopic (exact) mass is 435 g/mol. The van der Waals surface area contributed by atoms with Crippen molar-refractivity contribution >= 4 is 33.5 Å². The Bertz CT molecular complexity index is 1050. The van der Waals surface area contributed by atoms with Crippen molar-refractivity contribution in [2.75, 3.05) is 16.6 Å². The van der Waals surface area contributed by atoms with E-state index in [1.807, 2.05) is 0 Å². The van der Waals surface area contributed by atoms with Gasteiger partial charge in [-0.25, -0.2) is 13.2 Å². The molecule has 0 aliphatic carbocycles. The molecule has 30 heavy (non-hydrogen) atoms. The third-order valence-corrected chi connectivity index (χ3v) is 5.66. The molecule has 0 radical (unpaired) electrons. The van der Waals surface area contributed by atoms with E-state index < -0.39 is 21.7 Å². The van der Waals surface area contributed by atoms with Crippen LogP contribution in [0.5, 0.6) is 0 Å². The number of hydrogen-bond donors (Lipinski definition) is 3. The second kappa shape index (κ2) is 7.98. The Kier molecular flexibility index (Phi) is 5.75. The van der Waals surface area contributed by atoms with Crippen molar-refractivity contribution in [3.8, 4) is 0 Å². The molecule has 2 amide bonds. The van der Waals surface area contributed by atoms with E-state index in [0.717, 1.165) is 0 Å². The molecule has 1 aliphatic heterocycles. The highest BCUT2D eigenvalue weighted by Crippen LogP contribution is 2.27. The molecular weight excluding hydrogens is 410 g/mol. The van der Waals surface area contributed by atoms with E-state index in [1.165, 1.54) is 31.2 Å². The van der Waals surface area contributed by atoms with Gasteiger partial charge >= 0.3 is 6.09 Å². The second-order valence-electron chi connectivity index (χ2n) is 7.99. The molecule has 0 saturated heterocycles. The van der Waals surface area contributed by atoms with E-state index >= 15 is 0 Å². The molecule has 2 aromatic rings. The number of aromatic nitrogens is 2. The van der Waals surface area contributed by atoms with Crippen LogP contribution < -0.4 is 10.0 Å². The summed E-state index contributed by atoms with van der Waals surface area (Å²) < 4.78 is 33.3. The smallest absolute Gasteiger partial charge is 0.410 e. The Morgan fingerprint density at radius 2 is 1.87 bits per heavy atom. The van der Waals surface area contributed by atoms with Crippen LogP contribution in [0.25, 0.3) is 0 Å². The number of nitrogens with one attached hydrogen (secondary N) is 3. The van der Waals surface area contributed by atoms with Crippen molar-refractivity contribution < 1.29 is 22.7 Å². The molecule has 10 nitrogen and oxygen atoms in total. The molecule has 0 saturated carbocycles. The van der Waals surface area contributed by atoms with Gasteiger partial charge in [0.2, 0.25) is 5.91 Å². The van der Waals surface area contributed by atoms with Gasteiger partial charge in [-0.2, -0.15) is 5.10 Å². The van der Waals surface area contributed by atoms with Gasteiger partial charge in [-0.3, -0.25) is 14.6 Å². The molecule has 2 heterocycles. The first kappa shape index (κ1) is 21.6. The van der Waals surface area contributed by atoms with E-state index in [-0.39, 0.29) is 23.2 Å². The largest absolute Gasteiger partial charge is 0.444 e. The number of carbonyl (C=O) groups is 2. The molecule has 3 N–H and O–H groups in total. The number of H-pyrrole nitrogens is 1. The maximum absolute atomic E-state index is 12.7. The summed E-state index contributed by atoms with van der Waals surface area (Å²) in [5, 5.41) is 9.47. The Morgan fingerprint density at radius 1 is 1.20 bits per heavy atom. The zero-order chi connectivity index (χ0) is 22.1. The van der Waals surface area contributed by atoms with Crippen LogP contribution in [-0.2, 0) is 32.5 Å². The first-order valence-corrected chi connectivity index (χ1v) is 10.9. The maximum atomic E-state index is 12.7. The third-order valence-electron chi connectivity index (χ3n) is 4.30. The predicted octanol–water partition coefficient (Wildman–Crippen LogP) is 2.46. The first-order chi connectivity index (χ1) is 13.9. The molecule has 11 heteroatoms. The lowest BCUT2D eigenvalue weighted by atomic mass is 10.1. The number of ether oxygens (including phenoxy) is 1. The van der Waals surface area contributed by atoms with Crippen LogP contribution in [0, 0.1) is 0 Å². The molecule has 162 valence electrons. The number of amides is 2. The summed E-state index contributed by atoms with van der Waals surface area (Å²) in [4.78, 5) is 24.9. The van der Waals surface area contributed by atoms with Crippen LogP contribution >= 0.6 is 0 Å². The second-order valence-corrected chi connectivity index (χ2v) is 9.67. The van der Waals surface area contributed by atoms with Crippen LogP contribution in [-0.4, -0.2) is 47.7 Å². The Hall–Kier alpha value is -3.08. The Labute approximate surface area is 175 Å². The van der Waals surface area contributed by atoms with Gasteiger partial charge in [0.25, 0.3) is 10.0 Å². The fourth-order valence-electron chi connectivity index (χ4n) is 2.99. The zero-order valence-corrected chi connectivity index (χ0v) is 18.1. The lowest BCUT2D eigenvalue weighted by molar-refractivity contribution is -0.114. The van der Waals surface area contributed by atoms with Gasteiger partial charge in [-0.05, 0) is 51.5 Å². The van der Waals surface area contributed by atoms with Crippen molar-refractivity contribution in [2.24, 2.45) is 0 Å². The van der Waals surface area contributed by atoms with Crippen LogP contribution in [0.15, 0.2) is 29.2 Å². The van der Waals surface area contributed by atoms with Gasteiger partial charge in [0.05, 0.1) is 17.1 Å². The van der Waals surface area contributed by atoms with E-state index in [4.69, 9.17) is 4.74 Å². The molecule has 1 aromatic carbocycles. The van der Waals surface area contributed by atoms with E-state index in [1.54, 1.807) is 25.7 Å². The highest BCUT2D eigenvalue weighted by Gasteiger charge is 2.29. The van der Waals surface area contributed by atoms with E-state index in [2.05, 4.69) is 20.2 Å². The Morgan fingerprint density at radius 3 is 2.47 bits per heavy atom. The SMILES string of the molecule is CC(=O)Nc1ccc(S(=O)(=O)Nc2n[nH]c3c2CCN(C(=O)OC(C)(C)C)C3)cc1.